The average Bonchev–Trinajstić information content (AvgIpc) is 2.78. The first kappa shape index (κ1) is 11.2. The summed E-state index contributed by atoms with van der Waals surface area (Å²) in [5.74, 6) is 0.0423. The van der Waals surface area contributed by atoms with Gasteiger partial charge in [-0.1, -0.05) is 6.92 Å². The van der Waals surface area contributed by atoms with Crippen LogP contribution in [0.3, 0.4) is 0 Å². The number of likely N-dealkylation sites (N-methyl/N-ethyl adjacent to an activating group) is 1. The SMILES string of the molecule is CCNC1COCC1C(=O)c1cccnc1. The predicted octanol–water partition coefficient (Wildman–Crippen LogP) is 0.889. The molecular formula is C12H16N2O2. The average molecular weight is 220 g/mol. The maximum Gasteiger partial charge on any atom is 0.171 e. The van der Waals surface area contributed by atoms with Crippen LogP contribution < -0.4 is 5.32 Å². The van der Waals surface area contributed by atoms with Gasteiger partial charge in [-0.05, 0) is 18.7 Å². The molecule has 1 N–H and O–H groups in total. The Morgan fingerprint density at radius 3 is 3.19 bits per heavy atom. The van der Waals surface area contributed by atoms with Crippen LogP contribution in [-0.2, 0) is 4.74 Å². The van der Waals surface area contributed by atoms with Crippen LogP contribution in [0.5, 0.6) is 0 Å². The number of hydrogen-bond donors (Lipinski definition) is 1. The van der Waals surface area contributed by atoms with Crippen molar-refractivity contribution < 1.29 is 9.53 Å². The van der Waals surface area contributed by atoms with E-state index in [1.54, 1.807) is 24.5 Å². The van der Waals surface area contributed by atoms with Gasteiger partial charge < -0.3 is 10.1 Å². The lowest BCUT2D eigenvalue weighted by atomic mass is 9.94. The van der Waals surface area contributed by atoms with E-state index >= 15 is 0 Å². The second-order valence-corrected chi connectivity index (χ2v) is 3.91. The van der Waals surface area contributed by atoms with Gasteiger partial charge in [-0.3, -0.25) is 9.78 Å². The fourth-order valence-corrected chi connectivity index (χ4v) is 2.00. The molecule has 0 saturated carbocycles. The second-order valence-electron chi connectivity index (χ2n) is 3.91. The van der Waals surface area contributed by atoms with Crippen LogP contribution in [0.25, 0.3) is 0 Å². The Morgan fingerprint density at radius 2 is 2.50 bits per heavy atom. The summed E-state index contributed by atoms with van der Waals surface area (Å²) in [7, 11) is 0. The molecule has 0 aliphatic carbocycles. The number of pyridine rings is 1. The van der Waals surface area contributed by atoms with E-state index in [0.717, 1.165) is 6.54 Å². The highest BCUT2D eigenvalue weighted by Gasteiger charge is 2.33. The molecule has 0 radical (unpaired) electrons. The van der Waals surface area contributed by atoms with Crippen molar-refractivity contribution in [2.75, 3.05) is 19.8 Å². The van der Waals surface area contributed by atoms with Crippen LogP contribution in [0.1, 0.15) is 17.3 Å². The number of aromatic nitrogens is 1. The molecule has 1 aliphatic heterocycles. The van der Waals surface area contributed by atoms with Crippen LogP contribution >= 0.6 is 0 Å². The minimum Gasteiger partial charge on any atom is -0.379 e. The molecule has 1 saturated heterocycles. The van der Waals surface area contributed by atoms with Crippen molar-refractivity contribution in [2.24, 2.45) is 5.92 Å². The molecule has 1 fully saturated rings. The number of hydrogen-bond acceptors (Lipinski definition) is 4. The lowest BCUT2D eigenvalue weighted by Crippen LogP contribution is -2.39. The van der Waals surface area contributed by atoms with Gasteiger partial charge in [-0.2, -0.15) is 0 Å². The van der Waals surface area contributed by atoms with Crippen molar-refractivity contribution in [1.29, 1.82) is 0 Å². The molecular weight excluding hydrogens is 204 g/mol. The Bertz CT molecular complexity index is 353. The number of nitrogens with one attached hydrogen (secondary N) is 1. The van der Waals surface area contributed by atoms with E-state index < -0.39 is 0 Å². The van der Waals surface area contributed by atoms with Gasteiger partial charge in [0.15, 0.2) is 5.78 Å². The molecule has 1 aliphatic rings. The van der Waals surface area contributed by atoms with Crippen molar-refractivity contribution in [3.05, 3.63) is 30.1 Å². The van der Waals surface area contributed by atoms with E-state index in [2.05, 4.69) is 10.3 Å². The monoisotopic (exact) mass is 220 g/mol. The van der Waals surface area contributed by atoms with E-state index in [1.165, 1.54) is 0 Å². The Hall–Kier alpha value is -1.26. The van der Waals surface area contributed by atoms with E-state index in [0.29, 0.717) is 18.8 Å². The van der Waals surface area contributed by atoms with Crippen molar-refractivity contribution in [3.63, 3.8) is 0 Å². The molecule has 2 heterocycles. The largest absolute Gasteiger partial charge is 0.379 e. The van der Waals surface area contributed by atoms with Crippen LogP contribution in [-0.4, -0.2) is 36.6 Å². The third-order valence-corrected chi connectivity index (χ3v) is 2.83. The molecule has 4 nitrogen and oxygen atoms in total. The molecule has 86 valence electrons. The van der Waals surface area contributed by atoms with Gasteiger partial charge in [0.25, 0.3) is 0 Å². The van der Waals surface area contributed by atoms with Crippen LogP contribution in [0.4, 0.5) is 0 Å². The second kappa shape index (κ2) is 5.18. The van der Waals surface area contributed by atoms with E-state index in [-0.39, 0.29) is 17.7 Å². The minimum absolute atomic E-state index is 0.0795. The van der Waals surface area contributed by atoms with E-state index in [9.17, 15) is 4.79 Å². The fraction of sp³-hybridized carbons (Fsp3) is 0.500. The highest BCUT2D eigenvalue weighted by molar-refractivity contribution is 5.98. The third kappa shape index (κ3) is 2.28. The predicted molar refractivity (Wildman–Crippen MR) is 60.3 cm³/mol. The lowest BCUT2D eigenvalue weighted by molar-refractivity contribution is 0.0891. The Morgan fingerprint density at radius 1 is 1.62 bits per heavy atom. The first-order valence-corrected chi connectivity index (χ1v) is 5.58. The summed E-state index contributed by atoms with van der Waals surface area (Å²) in [6, 6.07) is 3.72. The maximum absolute atomic E-state index is 12.2. The molecule has 4 heteroatoms. The molecule has 0 aromatic carbocycles. The smallest absolute Gasteiger partial charge is 0.171 e. The van der Waals surface area contributed by atoms with Gasteiger partial charge in [-0.25, -0.2) is 0 Å². The van der Waals surface area contributed by atoms with Crippen LogP contribution in [0.15, 0.2) is 24.5 Å². The summed E-state index contributed by atoms with van der Waals surface area (Å²) < 4.78 is 5.36. The van der Waals surface area contributed by atoms with Crippen molar-refractivity contribution in [2.45, 2.75) is 13.0 Å². The van der Waals surface area contributed by atoms with Gasteiger partial charge >= 0.3 is 0 Å². The molecule has 0 bridgehead atoms. The van der Waals surface area contributed by atoms with Crippen LogP contribution in [0.2, 0.25) is 0 Å². The number of nitrogens with zero attached hydrogens (tertiary/aromatic N) is 1. The molecule has 2 rings (SSSR count). The number of ketones is 1. The van der Waals surface area contributed by atoms with Crippen molar-refractivity contribution in [1.82, 2.24) is 10.3 Å². The standard InChI is InChI=1S/C12H16N2O2/c1-2-14-11-8-16-7-10(11)12(15)9-4-3-5-13-6-9/h3-6,10-11,14H,2,7-8H2,1H3. The summed E-state index contributed by atoms with van der Waals surface area (Å²) in [5, 5.41) is 3.28. The summed E-state index contributed by atoms with van der Waals surface area (Å²) in [6.07, 6.45) is 3.29. The molecule has 1 aromatic rings. The van der Waals surface area contributed by atoms with Gasteiger partial charge in [0, 0.05) is 24.0 Å². The first-order valence-electron chi connectivity index (χ1n) is 5.58. The fourth-order valence-electron chi connectivity index (χ4n) is 2.00. The maximum atomic E-state index is 12.2. The topological polar surface area (TPSA) is 51.2 Å². The highest BCUT2D eigenvalue weighted by atomic mass is 16.5. The normalized spacial score (nSPS) is 24.6. The zero-order chi connectivity index (χ0) is 11.4. The molecule has 2 atom stereocenters. The number of carbonyl (C=O) groups excluding carboxylic acids is 1. The molecule has 2 unspecified atom stereocenters. The molecule has 0 amide bonds. The number of ether oxygens (including phenoxy) is 1. The first-order chi connectivity index (χ1) is 7.83. The summed E-state index contributed by atoms with van der Waals surface area (Å²) in [5.41, 5.74) is 0.668. The van der Waals surface area contributed by atoms with Crippen molar-refractivity contribution in [3.8, 4) is 0 Å². The Labute approximate surface area is 95.0 Å². The number of Topliss-reactive ketones (excluding diaryl/α,β-unsaturated/α-hetero) is 1. The Kier molecular flexibility index (Phi) is 3.64. The van der Waals surface area contributed by atoms with Crippen LogP contribution in [0, 0.1) is 5.92 Å². The van der Waals surface area contributed by atoms with Gasteiger partial charge in [0.05, 0.1) is 19.1 Å². The molecule has 0 spiro atoms. The summed E-state index contributed by atoms with van der Waals surface area (Å²) in [6.45, 7) is 4.00. The zero-order valence-electron chi connectivity index (χ0n) is 9.35. The van der Waals surface area contributed by atoms with Crippen molar-refractivity contribution >= 4 is 5.78 Å². The number of carbonyl (C=O) groups is 1. The highest BCUT2D eigenvalue weighted by Crippen LogP contribution is 2.18. The van der Waals surface area contributed by atoms with Gasteiger partial charge in [-0.15, -0.1) is 0 Å². The minimum atomic E-state index is -0.0795. The number of rotatable bonds is 4. The molecule has 16 heavy (non-hydrogen) atoms. The summed E-state index contributed by atoms with van der Waals surface area (Å²) >= 11 is 0. The quantitative estimate of drug-likeness (QED) is 0.766. The lowest BCUT2D eigenvalue weighted by Gasteiger charge is -2.16. The summed E-state index contributed by atoms with van der Waals surface area (Å²) in [4.78, 5) is 16.1. The Balaban J connectivity index is 2.09. The van der Waals surface area contributed by atoms with E-state index in [1.807, 2.05) is 6.92 Å². The van der Waals surface area contributed by atoms with Gasteiger partial charge in [0.1, 0.15) is 0 Å². The molecule has 1 aromatic heterocycles. The zero-order valence-corrected chi connectivity index (χ0v) is 9.35. The van der Waals surface area contributed by atoms with Gasteiger partial charge in [0.2, 0.25) is 0 Å². The third-order valence-electron chi connectivity index (χ3n) is 2.83. The van der Waals surface area contributed by atoms with E-state index in [4.69, 9.17) is 4.74 Å².